The maximum atomic E-state index is 4.53. The Morgan fingerprint density at radius 3 is 2.88 bits per heavy atom. The second-order valence-corrected chi connectivity index (χ2v) is 6.44. The van der Waals surface area contributed by atoms with E-state index in [1.807, 2.05) is 26.2 Å². The molecule has 132 valence electrons. The van der Waals surface area contributed by atoms with E-state index in [2.05, 4.69) is 46.8 Å². The summed E-state index contributed by atoms with van der Waals surface area (Å²) in [5, 5.41) is 23.7. The van der Waals surface area contributed by atoms with Crippen LogP contribution in [0, 0.1) is 0 Å². The Balaban J connectivity index is 1.51. The highest BCUT2D eigenvalue weighted by atomic mass is 15.4. The van der Waals surface area contributed by atoms with Crippen molar-refractivity contribution in [2.24, 2.45) is 0 Å². The molecular weight excluding hydrogens is 318 g/mol. The lowest BCUT2D eigenvalue weighted by atomic mass is 10.1. The Kier molecular flexibility index (Phi) is 4.31. The minimum absolute atomic E-state index is 0.0720. The van der Waals surface area contributed by atoms with E-state index < -0.39 is 0 Å². The van der Waals surface area contributed by atoms with E-state index >= 15 is 0 Å². The van der Waals surface area contributed by atoms with Gasteiger partial charge in [-0.25, -0.2) is 9.67 Å². The molecule has 4 rings (SSSR count). The number of nitrogens with zero attached hydrogens (tertiary/aromatic N) is 7. The second-order valence-electron chi connectivity index (χ2n) is 6.44. The fourth-order valence-corrected chi connectivity index (χ4v) is 3.11. The highest BCUT2D eigenvalue weighted by molar-refractivity contribution is 5.55. The largest absolute Gasteiger partial charge is 0.317 e. The van der Waals surface area contributed by atoms with Crippen molar-refractivity contribution in [3.05, 3.63) is 30.2 Å². The van der Waals surface area contributed by atoms with E-state index in [-0.39, 0.29) is 6.04 Å². The lowest BCUT2D eigenvalue weighted by molar-refractivity contribution is 0.343. The predicted octanol–water partition coefficient (Wildman–Crippen LogP) is 1.36. The van der Waals surface area contributed by atoms with Crippen molar-refractivity contribution in [3.63, 3.8) is 0 Å². The zero-order valence-corrected chi connectivity index (χ0v) is 14.6. The fraction of sp³-hybridized carbons (Fsp3) is 0.562. The minimum atomic E-state index is -0.0720. The first kappa shape index (κ1) is 15.9. The molecule has 4 heterocycles. The van der Waals surface area contributed by atoms with E-state index in [4.69, 9.17) is 0 Å². The summed E-state index contributed by atoms with van der Waals surface area (Å²) in [4.78, 5) is 4.47. The van der Waals surface area contributed by atoms with Crippen molar-refractivity contribution in [1.82, 2.24) is 45.3 Å². The highest BCUT2D eigenvalue weighted by Crippen LogP contribution is 2.23. The molecule has 3 aromatic heterocycles. The van der Waals surface area contributed by atoms with Crippen LogP contribution in [0.3, 0.4) is 0 Å². The molecule has 0 aromatic carbocycles. The van der Waals surface area contributed by atoms with Gasteiger partial charge in [-0.3, -0.25) is 9.78 Å². The van der Waals surface area contributed by atoms with E-state index in [1.165, 1.54) is 0 Å². The molecule has 1 unspecified atom stereocenters. The zero-order chi connectivity index (χ0) is 17.2. The van der Waals surface area contributed by atoms with Gasteiger partial charge in [0.2, 0.25) is 0 Å². The van der Waals surface area contributed by atoms with Gasteiger partial charge in [0.1, 0.15) is 17.6 Å². The normalized spacial score (nSPS) is 17.0. The van der Waals surface area contributed by atoms with E-state index in [1.54, 1.807) is 4.68 Å². The third-order valence-electron chi connectivity index (χ3n) is 4.74. The predicted molar refractivity (Wildman–Crippen MR) is 92.0 cm³/mol. The SMILES string of the molecule is CCc1nc(C(C)n2cc(-c3cnn(C4CCNCC4)c3)nn2)n[nH]1. The molecule has 3 aromatic rings. The Bertz CT molecular complexity index is 824. The van der Waals surface area contributed by atoms with Crippen molar-refractivity contribution >= 4 is 0 Å². The Morgan fingerprint density at radius 2 is 2.12 bits per heavy atom. The van der Waals surface area contributed by atoms with Crippen molar-refractivity contribution in [2.45, 2.75) is 45.2 Å². The Labute approximate surface area is 145 Å². The quantitative estimate of drug-likeness (QED) is 0.726. The fourth-order valence-electron chi connectivity index (χ4n) is 3.11. The summed E-state index contributed by atoms with van der Waals surface area (Å²) in [6.07, 6.45) is 8.90. The summed E-state index contributed by atoms with van der Waals surface area (Å²) in [5.41, 5.74) is 1.81. The summed E-state index contributed by atoms with van der Waals surface area (Å²) in [5.74, 6) is 1.60. The van der Waals surface area contributed by atoms with Gasteiger partial charge in [-0.15, -0.1) is 5.10 Å². The topological polar surface area (TPSA) is 102 Å². The van der Waals surface area contributed by atoms with Gasteiger partial charge in [-0.1, -0.05) is 12.1 Å². The van der Waals surface area contributed by atoms with Gasteiger partial charge in [-0.05, 0) is 32.9 Å². The van der Waals surface area contributed by atoms with Crippen LogP contribution in [0.1, 0.15) is 50.4 Å². The number of hydrogen-bond acceptors (Lipinski definition) is 6. The first-order valence-electron chi connectivity index (χ1n) is 8.83. The number of nitrogens with one attached hydrogen (secondary N) is 2. The first-order valence-corrected chi connectivity index (χ1v) is 8.83. The van der Waals surface area contributed by atoms with Crippen LogP contribution in [-0.4, -0.2) is 53.0 Å². The van der Waals surface area contributed by atoms with Crippen LogP contribution in [0.2, 0.25) is 0 Å². The molecule has 25 heavy (non-hydrogen) atoms. The van der Waals surface area contributed by atoms with Gasteiger partial charge in [0.25, 0.3) is 0 Å². The van der Waals surface area contributed by atoms with Gasteiger partial charge in [0.05, 0.1) is 18.4 Å². The molecule has 1 atom stereocenters. The van der Waals surface area contributed by atoms with Gasteiger partial charge >= 0.3 is 0 Å². The summed E-state index contributed by atoms with van der Waals surface area (Å²) in [6.45, 7) is 6.15. The summed E-state index contributed by atoms with van der Waals surface area (Å²) in [7, 11) is 0. The lowest BCUT2D eigenvalue weighted by Gasteiger charge is -2.22. The molecule has 0 aliphatic carbocycles. The van der Waals surface area contributed by atoms with Crippen molar-refractivity contribution in [3.8, 4) is 11.3 Å². The smallest absolute Gasteiger partial charge is 0.174 e. The molecule has 0 bridgehead atoms. The van der Waals surface area contributed by atoms with Crippen LogP contribution in [-0.2, 0) is 6.42 Å². The molecule has 1 aliphatic rings. The molecule has 2 N–H and O–H groups in total. The van der Waals surface area contributed by atoms with E-state index in [9.17, 15) is 0 Å². The van der Waals surface area contributed by atoms with Crippen molar-refractivity contribution in [2.75, 3.05) is 13.1 Å². The maximum Gasteiger partial charge on any atom is 0.174 e. The molecule has 9 nitrogen and oxygen atoms in total. The molecule has 0 amide bonds. The van der Waals surface area contributed by atoms with Crippen LogP contribution in [0.5, 0.6) is 0 Å². The number of aryl methyl sites for hydroxylation is 1. The average molecular weight is 341 g/mol. The van der Waals surface area contributed by atoms with Gasteiger partial charge in [-0.2, -0.15) is 10.2 Å². The number of piperidine rings is 1. The Morgan fingerprint density at radius 1 is 1.28 bits per heavy atom. The lowest BCUT2D eigenvalue weighted by Crippen LogP contribution is -2.29. The minimum Gasteiger partial charge on any atom is -0.317 e. The third kappa shape index (κ3) is 3.19. The van der Waals surface area contributed by atoms with Crippen molar-refractivity contribution < 1.29 is 0 Å². The van der Waals surface area contributed by atoms with E-state index in [0.717, 1.165) is 55.3 Å². The number of rotatable bonds is 5. The molecule has 1 saturated heterocycles. The third-order valence-corrected chi connectivity index (χ3v) is 4.74. The van der Waals surface area contributed by atoms with Gasteiger partial charge < -0.3 is 5.32 Å². The van der Waals surface area contributed by atoms with E-state index in [0.29, 0.717) is 6.04 Å². The van der Waals surface area contributed by atoms with Crippen LogP contribution in [0.25, 0.3) is 11.3 Å². The number of aromatic nitrogens is 8. The molecule has 1 aliphatic heterocycles. The summed E-state index contributed by atoms with van der Waals surface area (Å²) in [6, 6.07) is 0.391. The number of aromatic amines is 1. The first-order chi connectivity index (χ1) is 12.2. The zero-order valence-electron chi connectivity index (χ0n) is 14.6. The number of H-pyrrole nitrogens is 1. The molecule has 1 fully saturated rings. The summed E-state index contributed by atoms with van der Waals surface area (Å²) >= 11 is 0. The van der Waals surface area contributed by atoms with Crippen LogP contribution < -0.4 is 5.32 Å². The Hall–Kier alpha value is -2.55. The van der Waals surface area contributed by atoms with Crippen LogP contribution >= 0.6 is 0 Å². The van der Waals surface area contributed by atoms with Gasteiger partial charge in [0, 0.05) is 18.2 Å². The average Bonchev–Trinajstić information content (AvgIpc) is 3.41. The van der Waals surface area contributed by atoms with Crippen molar-refractivity contribution in [1.29, 1.82) is 0 Å². The van der Waals surface area contributed by atoms with Crippen LogP contribution in [0.4, 0.5) is 0 Å². The second kappa shape index (κ2) is 6.75. The van der Waals surface area contributed by atoms with Crippen LogP contribution in [0.15, 0.2) is 18.6 Å². The molecule has 0 spiro atoms. The van der Waals surface area contributed by atoms with Gasteiger partial charge in [0.15, 0.2) is 5.82 Å². The molecule has 0 radical (unpaired) electrons. The molecule has 0 saturated carbocycles. The highest BCUT2D eigenvalue weighted by Gasteiger charge is 2.19. The standard InChI is InChI=1S/C16H23N9/c1-3-15-19-16(22-21-15)11(2)24-10-14(20-23-24)12-8-18-25(9-12)13-4-6-17-7-5-13/h8-11,13,17H,3-7H2,1-2H3,(H,19,21,22). The maximum absolute atomic E-state index is 4.53. The molecule has 9 heteroatoms. The summed E-state index contributed by atoms with van der Waals surface area (Å²) < 4.78 is 3.85. The number of hydrogen-bond donors (Lipinski definition) is 2. The monoisotopic (exact) mass is 341 g/mol. The molecular formula is C16H23N9.